The van der Waals surface area contributed by atoms with Crippen molar-refractivity contribution in [1.82, 2.24) is 35.7 Å². The molecule has 1 aliphatic carbocycles. The summed E-state index contributed by atoms with van der Waals surface area (Å²) in [5.74, 6) is 0.0613. The fraction of sp³-hybridized carbons (Fsp3) is 0.452. The van der Waals surface area contributed by atoms with Crippen LogP contribution in [0.25, 0.3) is 6.08 Å². The number of ether oxygens (including phenoxy) is 2. The van der Waals surface area contributed by atoms with Crippen molar-refractivity contribution in [2.24, 2.45) is 5.92 Å². The molecule has 0 bridgehead atoms. The molecule has 12 nitrogen and oxygen atoms in total. The van der Waals surface area contributed by atoms with Crippen LogP contribution >= 0.6 is 22.7 Å². The Balaban J connectivity index is 1.17. The van der Waals surface area contributed by atoms with E-state index in [1.54, 1.807) is 35.0 Å². The Kier molecular flexibility index (Phi) is 14.6. The highest BCUT2D eigenvalue weighted by Crippen LogP contribution is 2.45. The molecule has 2 aromatic carbocycles. The third-order valence-corrected chi connectivity index (χ3v) is 12.1. The highest BCUT2D eigenvalue weighted by Gasteiger charge is 2.61. The first-order valence-corrected chi connectivity index (χ1v) is 21.1. The number of amides is 4. The van der Waals surface area contributed by atoms with Crippen LogP contribution in [-0.2, 0) is 33.8 Å². The molecule has 2 fully saturated rings. The fourth-order valence-corrected chi connectivity index (χ4v) is 8.20. The number of carbonyl (C=O) groups excluding carboxylic acids is 3. The number of nitrogens with one attached hydrogen (secondary N) is 3. The van der Waals surface area contributed by atoms with Crippen molar-refractivity contribution in [2.75, 3.05) is 39.9 Å². The normalized spacial score (nSPS) is 19.3. The van der Waals surface area contributed by atoms with Gasteiger partial charge in [-0.05, 0) is 36.8 Å². The number of urea groups is 1. The summed E-state index contributed by atoms with van der Waals surface area (Å²) in [4.78, 5) is 55.0. The molecule has 56 heavy (non-hydrogen) atoms. The molecule has 1 saturated heterocycles. The Morgan fingerprint density at radius 3 is 2.48 bits per heavy atom. The average molecular weight is 800 g/mol. The number of alkyl carbamates (subject to hydrolysis) is 1. The lowest BCUT2D eigenvalue weighted by Gasteiger charge is -2.30. The van der Waals surface area contributed by atoms with E-state index < -0.39 is 11.6 Å². The first-order valence-electron chi connectivity index (χ1n) is 19.3. The molecular weight excluding hydrogens is 747 g/mol. The number of morpholine rings is 1. The van der Waals surface area contributed by atoms with Crippen LogP contribution in [0.1, 0.15) is 65.7 Å². The van der Waals surface area contributed by atoms with Crippen LogP contribution < -0.4 is 16.0 Å². The van der Waals surface area contributed by atoms with Gasteiger partial charge in [0, 0.05) is 56.1 Å². The zero-order valence-corrected chi connectivity index (χ0v) is 34.0. The van der Waals surface area contributed by atoms with Crippen LogP contribution in [0.15, 0.2) is 83.8 Å². The first kappa shape index (κ1) is 41.0. The van der Waals surface area contributed by atoms with Crippen LogP contribution in [0, 0.1) is 5.92 Å². The Hall–Kier alpha value is -4.63. The van der Waals surface area contributed by atoms with E-state index in [2.05, 4.69) is 51.8 Å². The van der Waals surface area contributed by atoms with Gasteiger partial charge in [-0.1, -0.05) is 86.7 Å². The molecule has 3 N–H and O–H groups in total. The highest BCUT2D eigenvalue weighted by atomic mass is 32.1. The van der Waals surface area contributed by atoms with E-state index >= 15 is 0 Å². The number of rotatable bonds is 18. The van der Waals surface area contributed by atoms with Gasteiger partial charge < -0.3 is 30.3 Å². The van der Waals surface area contributed by atoms with Gasteiger partial charge in [-0.15, -0.1) is 22.7 Å². The SMILES string of the molecule is CC(C)c1nc(CN(C)C(=O)NC2(C(=O)N[C@H](CC[C@H](/C=C/c3ccccc3)NC(=O)OCc3cncs3)Cc3ccccc3)CC2CN2CCOCC2)cs1. The molecule has 0 spiro atoms. The number of thiazole rings is 2. The fourth-order valence-electron chi connectivity index (χ4n) is 6.86. The van der Waals surface area contributed by atoms with E-state index in [1.807, 2.05) is 66.1 Å². The molecule has 6 rings (SSSR count). The summed E-state index contributed by atoms with van der Waals surface area (Å²) in [6.45, 7) is 8.25. The van der Waals surface area contributed by atoms with Gasteiger partial charge in [0.05, 0.1) is 46.9 Å². The largest absolute Gasteiger partial charge is 0.444 e. The second-order valence-electron chi connectivity index (χ2n) is 14.9. The van der Waals surface area contributed by atoms with Gasteiger partial charge in [0.25, 0.3) is 0 Å². The average Bonchev–Trinajstić information content (AvgIpc) is 3.52. The van der Waals surface area contributed by atoms with Crippen LogP contribution in [0.2, 0.25) is 0 Å². The smallest absolute Gasteiger partial charge is 0.407 e. The van der Waals surface area contributed by atoms with Crippen molar-refractivity contribution in [1.29, 1.82) is 0 Å². The van der Waals surface area contributed by atoms with E-state index in [0.29, 0.717) is 57.9 Å². The second-order valence-corrected chi connectivity index (χ2v) is 16.8. The van der Waals surface area contributed by atoms with Gasteiger partial charge >= 0.3 is 12.1 Å². The Bertz CT molecular complexity index is 1870. The van der Waals surface area contributed by atoms with Gasteiger partial charge in [-0.3, -0.25) is 14.7 Å². The molecule has 4 atom stereocenters. The molecule has 14 heteroatoms. The minimum Gasteiger partial charge on any atom is -0.444 e. The van der Waals surface area contributed by atoms with E-state index in [0.717, 1.165) is 39.8 Å². The van der Waals surface area contributed by atoms with Crippen molar-refractivity contribution < 1.29 is 23.9 Å². The predicted molar refractivity (Wildman–Crippen MR) is 220 cm³/mol. The summed E-state index contributed by atoms with van der Waals surface area (Å²) >= 11 is 3.02. The maximum Gasteiger partial charge on any atom is 0.407 e. The van der Waals surface area contributed by atoms with Crippen LogP contribution in [0.5, 0.6) is 0 Å². The van der Waals surface area contributed by atoms with Crippen LogP contribution in [-0.4, -0.2) is 95.3 Å². The molecule has 2 unspecified atom stereocenters. The molecule has 4 aromatic rings. The number of aromatic nitrogens is 2. The zero-order chi connectivity index (χ0) is 39.3. The number of benzene rings is 2. The Morgan fingerprint density at radius 1 is 1.04 bits per heavy atom. The molecular formula is C42H53N7O5S2. The lowest BCUT2D eigenvalue weighted by molar-refractivity contribution is -0.125. The minimum absolute atomic E-state index is 0.0568. The molecule has 3 heterocycles. The van der Waals surface area contributed by atoms with Crippen LogP contribution in [0.3, 0.4) is 0 Å². The topological polar surface area (TPSA) is 138 Å². The number of hydrogen-bond donors (Lipinski definition) is 3. The lowest BCUT2D eigenvalue weighted by atomic mass is 9.98. The second kappa shape index (κ2) is 20.0. The molecule has 2 aromatic heterocycles. The predicted octanol–water partition coefficient (Wildman–Crippen LogP) is 6.47. The maximum absolute atomic E-state index is 14.6. The van der Waals surface area contributed by atoms with Crippen molar-refractivity contribution in [2.45, 2.75) is 76.2 Å². The third kappa shape index (κ3) is 11.9. The first-order chi connectivity index (χ1) is 27.2. The van der Waals surface area contributed by atoms with Gasteiger partial charge in [-0.2, -0.15) is 0 Å². The third-order valence-electron chi connectivity index (χ3n) is 10.2. The van der Waals surface area contributed by atoms with Crippen molar-refractivity contribution in [3.8, 4) is 0 Å². The number of hydrogen-bond acceptors (Lipinski definition) is 10. The summed E-state index contributed by atoms with van der Waals surface area (Å²) in [7, 11) is 1.74. The molecule has 4 amide bonds. The van der Waals surface area contributed by atoms with Crippen molar-refractivity contribution in [3.63, 3.8) is 0 Å². The summed E-state index contributed by atoms with van der Waals surface area (Å²) in [6, 6.07) is 19.0. The zero-order valence-electron chi connectivity index (χ0n) is 32.4. The summed E-state index contributed by atoms with van der Waals surface area (Å²) in [5, 5.41) is 12.6. The van der Waals surface area contributed by atoms with E-state index in [9.17, 15) is 14.4 Å². The Morgan fingerprint density at radius 2 is 1.79 bits per heavy atom. The Labute approximate surface area is 337 Å². The van der Waals surface area contributed by atoms with E-state index in [1.165, 1.54) is 11.3 Å². The lowest BCUT2D eigenvalue weighted by Crippen LogP contribution is -2.56. The summed E-state index contributed by atoms with van der Waals surface area (Å²) in [5.41, 5.74) is 3.55. The van der Waals surface area contributed by atoms with Gasteiger partial charge in [0.1, 0.15) is 12.1 Å². The number of nitrogens with zero attached hydrogens (tertiary/aromatic N) is 4. The molecule has 1 saturated carbocycles. The number of carbonyl (C=O) groups is 3. The standard InChI is InChI=1S/C42H53N7O5S2/c1-30(2)38-44-36(28-55-38)26-48(3)40(51)47-42(23-33(42)25-49-18-20-53-21-19-49)39(50)45-35(22-32-12-8-5-9-13-32)17-16-34(15-14-31-10-6-4-7-11-31)46-41(52)54-27-37-24-43-29-56-37/h4-15,24,28-30,33-35H,16-23,25-27H2,1-3H3,(H,45,50)(H,46,52)(H,47,51)/b15-14+/t33?,34-,35+,42?/m0/s1. The molecule has 2 aliphatic rings. The van der Waals surface area contributed by atoms with Gasteiger partial charge in [0.15, 0.2) is 0 Å². The molecule has 298 valence electrons. The summed E-state index contributed by atoms with van der Waals surface area (Å²) in [6.07, 6.45) is 7.31. The maximum atomic E-state index is 14.6. The van der Waals surface area contributed by atoms with Gasteiger partial charge in [-0.25, -0.2) is 14.6 Å². The van der Waals surface area contributed by atoms with E-state index in [4.69, 9.17) is 14.5 Å². The van der Waals surface area contributed by atoms with Crippen LogP contribution in [0.4, 0.5) is 9.59 Å². The van der Waals surface area contributed by atoms with E-state index in [-0.39, 0.29) is 36.5 Å². The monoisotopic (exact) mass is 799 g/mol. The quantitative estimate of drug-likeness (QED) is 0.104. The van der Waals surface area contributed by atoms with Crippen molar-refractivity contribution >= 4 is 46.8 Å². The highest BCUT2D eigenvalue weighted by molar-refractivity contribution is 7.09. The molecule has 1 aliphatic heterocycles. The minimum atomic E-state index is -1.06. The summed E-state index contributed by atoms with van der Waals surface area (Å²) < 4.78 is 11.1. The van der Waals surface area contributed by atoms with Gasteiger partial charge in [0.2, 0.25) is 5.91 Å². The molecule has 0 radical (unpaired) electrons. The van der Waals surface area contributed by atoms with Crippen molar-refractivity contribution in [3.05, 3.63) is 111 Å².